The molecule has 174 valence electrons. The van der Waals surface area contributed by atoms with Gasteiger partial charge in [-0.25, -0.2) is 14.2 Å². The van der Waals surface area contributed by atoms with E-state index in [0.29, 0.717) is 28.1 Å². The quantitative estimate of drug-likeness (QED) is 0.398. The number of benzene rings is 3. The summed E-state index contributed by atoms with van der Waals surface area (Å²) in [5, 5.41) is 26.2. The SMILES string of the molecule is Cc1ccccc1-n1nc(C)c(-c2ccc3nnn(C)c(=O)c3c2)c1Nc1ccccc1C(=O)O. The number of aromatic nitrogens is 5. The summed E-state index contributed by atoms with van der Waals surface area (Å²) in [5.74, 6) is -0.454. The lowest BCUT2D eigenvalue weighted by molar-refractivity contribution is 0.0698. The molecule has 0 fully saturated rings. The van der Waals surface area contributed by atoms with Gasteiger partial charge in [-0.15, -0.1) is 5.10 Å². The summed E-state index contributed by atoms with van der Waals surface area (Å²) >= 11 is 0. The zero-order valence-electron chi connectivity index (χ0n) is 19.4. The van der Waals surface area contributed by atoms with Crippen LogP contribution in [-0.4, -0.2) is 35.9 Å². The number of rotatable bonds is 5. The standard InChI is InChI=1S/C26H22N6O3/c1-15-8-4-7-11-22(15)32-24(27-20-10-6-5-9-18(20)26(34)35)23(16(2)29-32)17-12-13-21-19(14-17)25(33)31(3)30-28-21/h4-14,27H,1-3H3,(H,34,35). The van der Waals surface area contributed by atoms with Gasteiger partial charge in [-0.2, -0.15) is 5.10 Å². The highest BCUT2D eigenvalue weighted by atomic mass is 16.4. The van der Waals surface area contributed by atoms with E-state index in [2.05, 4.69) is 15.6 Å². The van der Waals surface area contributed by atoms with E-state index >= 15 is 0 Å². The Labute approximate surface area is 200 Å². The van der Waals surface area contributed by atoms with Gasteiger partial charge >= 0.3 is 5.97 Å². The van der Waals surface area contributed by atoms with Crippen LogP contribution in [0.1, 0.15) is 21.6 Å². The summed E-state index contributed by atoms with van der Waals surface area (Å²) in [7, 11) is 1.55. The molecule has 0 spiro atoms. The minimum Gasteiger partial charge on any atom is -0.478 e. The lowest BCUT2D eigenvalue weighted by atomic mass is 10.0. The molecule has 0 saturated heterocycles. The molecular weight excluding hydrogens is 444 g/mol. The Balaban J connectivity index is 1.79. The zero-order chi connectivity index (χ0) is 24.7. The van der Waals surface area contributed by atoms with Crippen molar-refractivity contribution in [2.45, 2.75) is 13.8 Å². The van der Waals surface area contributed by atoms with Crippen molar-refractivity contribution < 1.29 is 9.90 Å². The van der Waals surface area contributed by atoms with Crippen molar-refractivity contribution in [2.75, 3.05) is 5.32 Å². The number of aromatic carboxylic acids is 1. The molecule has 0 bridgehead atoms. The molecule has 0 amide bonds. The van der Waals surface area contributed by atoms with Crippen LogP contribution in [-0.2, 0) is 7.05 Å². The number of aryl methyl sites for hydroxylation is 3. The largest absolute Gasteiger partial charge is 0.478 e. The van der Waals surface area contributed by atoms with Gasteiger partial charge in [0.15, 0.2) is 0 Å². The summed E-state index contributed by atoms with van der Waals surface area (Å²) in [6.45, 7) is 3.87. The lowest BCUT2D eigenvalue weighted by Crippen LogP contribution is -2.20. The molecule has 0 aliphatic heterocycles. The Morgan fingerprint density at radius 1 is 1.00 bits per heavy atom. The van der Waals surface area contributed by atoms with Crippen LogP contribution in [0.25, 0.3) is 27.7 Å². The van der Waals surface area contributed by atoms with Crippen molar-refractivity contribution in [3.05, 3.63) is 93.9 Å². The monoisotopic (exact) mass is 466 g/mol. The molecule has 2 N–H and O–H groups in total. The molecule has 0 aliphatic carbocycles. The molecule has 35 heavy (non-hydrogen) atoms. The number of carboxylic acids is 1. The smallest absolute Gasteiger partial charge is 0.337 e. The van der Waals surface area contributed by atoms with Crippen LogP contribution in [0.3, 0.4) is 0 Å². The molecule has 5 rings (SSSR count). The number of anilines is 2. The summed E-state index contributed by atoms with van der Waals surface area (Å²) in [6.07, 6.45) is 0. The van der Waals surface area contributed by atoms with Gasteiger partial charge in [0.2, 0.25) is 0 Å². The Kier molecular flexibility index (Phi) is 5.37. The van der Waals surface area contributed by atoms with Gasteiger partial charge in [-0.1, -0.05) is 41.6 Å². The number of carbonyl (C=O) groups is 1. The molecule has 5 aromatic rings. The van der Waals surface area contributed by atoms with E-state index in [1.165, 1.54) is 4.68 Å². The van der Waals surface area contributed by atoms with Crippen molar-refractivity contribution in [1.82, 2.24) is 24.8 Å². The van der Waals surface area contributed by atoms with Gasteiger partial charge in [0.25, 0.3) is 5.56 Å². The van der Waals surface area contributed by atoms with Gasteiger partial charge in [0, 0.05) is 12.6 Å². The topological polar surface area (TPSA) is 115 Å². The van der Waals surface area contributed by atoms with Gasteiger partial charge in [-0.3, -0.25) is 4.79 Å². The van der Waals surface area contributed by atoms with Crippen LogP contribution in [0.15, 0.2) is 71.5 Å². The molecule has 0 unspecified atom stereocenters. The summed E-state index contributed by atoms with van der Waals surface area (Å²) < 4.78 is 2.96. The Morgan fingerprint density at radius 2 is 1.74 bits per heavy atom. The minimum atomic E-state index is -1.04. The molecular formula is C26H22N6O3. The lowest BCUT2D eigenvalue weighted by Gasteiger charge is -2.15. The second kappa shape index (κ2) is 8.53. The number of fused-ring (bicyclic) bond motifs is 1. The van der Waals surface area contributed by atoms with Gasteiger partial charge < -0.3 is 10.4 Å². The first-order chi connectivity index (χ1) is 16.8. The Bertz CT molecular complexity index is 1670. The van der Waals surface area contributed by atoms with Gasteiger partial charge in [-0.05, 0) is 55.3 Å². The highest BCUT2D eigenvalue weighted by Gasteiger charge is 2.22. The number of carboxylic acid groups (broad SMARTS) is 1. The molecule has 0 radical (unpaired) electrons. The maximum atomic E-state index is 12.7. The number of para-hydroxylation sites is 2. The molecule has 0 saturated carbocycles. The summed E-state index contributed by atoms with van der Waals surface area (Å²) in [5.41, 5.74) is 4.85. The van der Waals surface area contributed by atoms with E-state index in [-0.39, 0.29) is 11.1 Å². The van der Waals surface area contributed by atoms with Crippen molar-refractivity contribution in [3.63, 3.8) is 0 Å². The highest BCUT2D eigenvalue weighted by molar-refractivity contribution is 5.96. The van der Waals surface area contributed by atoms with Crippen molar-refractivity contribution in [1.29, 1.82) is 0 Å². The van der Waals surface area contributed by atoms with E-state index in [0.717, 1.165) is 22.4 Å². The van der Waals surface area contributed by atoms with E-state index in [4.69, 9.17) is 5.10 Å². The average Bonchev–Trinajstić information content (AvgIpc) is 3.17. The fraction of sp³-hybridized carbons (Fsp3) is 0.115. The first kappa shape index (κ1) is 22.0. The molecule has 3 aromatic carbocycles. The second-order valence-corrected chi connectivity index (χ2v) is 8.23. The van der Waals surface area contributed by atoms with E-state index in [1.807, 2.05) is 44.2 Å². The van der Waals surface area contributed by atoms with Crippen LogP contribution in [0, 0.1) is 13.8 Å². The molecule has 9 nitrogen and oxygen atoms in total. The Morgan fingerprint density at radius 3 is 2.51 bits per heavy atom. The van der Waals surface area contributed by atoms with Crippen molar-refractivity contribution in [3.8, 4) is 16.8 Å². The summed E-state index contributed by atoms with van der Waals surface area (Å²) in [4.78, 5) is 24.6. The van der Waals surface area contributed by atoms with Crippen LogP contribution in [0.2, 0.25) is 0 Å². The molecule has 0 aliphatic rings. The maximum Gasteiger partial charge on any atom is 0.337 e. The Hall–Kier alpha value is -4.79. The van der Waals surface area contributed by atoms with E-state index in [9.17, 15) is 14.7 Å². The van der Waals surface area contributed by atoms with Crippen LogP contribution in [0.5, 0.6) is 0 Å². The van der Waals surface area contributed by atoms with Gasteiger partial charge in [0.1, 0.15) is 11.3 Å². The second-order valence-electron chi connectivity index (χ2n) is 8.23. The number of nitrogens with one attached hydrogen (secondary N) is 1. The van der Waals surface area contributed by atoms with Crippen LogP contribution >= 0.6 is 0 Å². The third-order valence-corrected chi connectivity index (χ3v) is 5.91. The van der Waals surface area contributed by atoms with Crippen molar-refractivity contribution >= 4 is 28.4 Å². The zero-order valence-corrected chi connectivity index (χ0v) is 19.4. The number of hydrogen-bond donors (Lipinski definition) is 2. The molecule has 2 heterocycles. The normalized spacial score (nSPS) is 11.1. The maximum absolute atomic E-state index is 12.7. The number of nitrogens with zero attached hydrogens (tertiary/aromatic N) is 5. The molecule has 9 heteroatoms. The van der Waals surface area contributed by atoms with Gasteiger partial charge in [0.05, 0.1) is 28.0 Å². The fourth-order valence-electron chi connectivity index (χ4n) is 4.15. The minimum absolute atomic E-state index is 0.135. The molecule has 2 aromatic heterocycles. The van der Waals surface area contributed by atoms with E-state index in [1.54, 1.807) is 48.1 Å². The predicted octanol–water partition coefficient (Wildman–Crippen LogP) is 4.24. The summed E-state index contributed by atoms with van der Waals surface area (Å²) in [6, 6.07) is 19.9. The first-order valence-corrected chi connectivity index (χ1v) is 10.9. The predicted molar refractivity (Wildman–Crippen MR) is 133 cm³/mol. The average molecular weight is 467 g/mol. The fourth-order valence-corrected chi connectivity index (χ4v) is 4.15. The number of hydrogen-bond acceptors (Lipinski definition) is 6. The third kappa shape index (κ3) is 3.82. The van der Waals surface area contributed by atoms with Crippen molar-refractivity contribution in [2.24, 2.45) is 7.05 Å². The molecule has 0 atom stereocenters. The highest BCUT2D eigenvalue weighted by Crippen LogP contribution is 2.37. The first-order valence-electron chi connectivity index (χ1n) is 10.9. The van der Waals surface area contributed by atoms with Crippen LogP contribution in [0.4, 0.5) is 11.5 Å². The van der Waals surface area contributed by atoms with E-state index < -0.39 is 5.97 Å². The van der Waals surface area contributed by atoms with Crippen LogP contribution < -0.4 is 10.9 Å². The third-order valence-electron chi connectivity index (χ3n) is 5.91.